The summed E-state index contributed by atoms with van der Waals surface area (Å²) in [5.41, 5.74) is 7.37. The van der Waals surface area contributed by atoms with Crippen LogP contribution in [0.4, 0.5) is 19.0 Å². The van der Waals surface area contributed by atoms with Crippen molar-refractivity contribution in [1.29, 1.82) is 0 Å². The number of hydrogen-bond acceptors (Lipinski definition) is 4. The fourth-order valence-corrected chi connectivity index (χ4v) is 4.47. The molecule has 3 N–H and O–H groups in total. The quantitative estimate of drug-likeness (QED) is 0.599. The highest BCUT2D eigenvalue weighted by atomic mass is 19.4. The monoisotopic (exact) mass is 461 g/mol. The van der Waals surface area contributed by atoms with Gasteiger partial charge < -0.3 is 11.1 Å². The number of nitrogen functional groups attached to an aromatic ring is 1. The fourth-order valence-electron chi connectivity index (χ4n) is 4.47. The van der Waals surface area contributed by atoms with Crippen LogP contribution in [0.3, 0.4) is 0 Å². The second-order valence-electron chi connectivity index (χ2n) is 8.96. The van der Waals surface area contributed by atoms with Gasteiger partial charge in [-0.15, -0.1) is 0 Å². The van der Waals surface area contributed by atoms with Crippen molar-refractivity contribution in [3.05, 3.63) is 58.8 Å². The molecule has 2 aromatic rings. The van der Waals surface area contributed by atoms with E-state index < -0.39 is 17.8 Å². The summed E-state index contributed by atoms with van der Waals surface area (Å²) in [4.78, 5) is 29.4. The molecule has 3 rings (SSSR count). The van der Waals surface area contributed by atoms with Crippen molar-refractivity contribution in [2.45, 2.75) is 64.6 Å². The number of nitrogens with two attached hydrogens (primary N) is 1. The lowest BCUT2D eigenvalue weighted by atomic mass is 9.95. The van der Waals surface area contributed by atoms with Crippen molar-refractivity contribution in [2.75, 3.05) is 5.73 Å². The molecule has 1 aliphatic rings. The molecule has 1 aromatic heterocycles. The van der Waals surface area contributed by atoms with E-state index in [1.807, 2.05) is 13.0 Å². The number of nitrogens with zero attached hydrogens (tertiary/aromatic N) is 1. The normalized spacial score (nSPS) is 19.3. The molecule has 0 aliphatic heterocycles. The number of alkyl halides is 3. The first-order valence-electron chi connectivity index (χ1n) is 11.2. The van der Waals surface area contributed by atoms with Crippen LogP contribution in [0.15, 0.2) is 36.4 Å². The maximum Gasteiger partial charge on any atom is 0.416 e. The van der Waals surface area contributed by atoms with E-state index >= 15 is 0 Å². The standard InChI is InChI=1S/C25H30F3N3O2/c1-15-19(9-11-23(29)30-15)8-10-22(32)16(2)31-24(33)20-7-6-18(13-20)12-17-4-3-5-21(14-17)25(26,27)28/h3-5,9,11,14,16,18,20H,6-8,10,12-13H2,1-2H3,(H2,29,30)(H,31,33)/t16-,18-,20+/m0/s1. The van der Waals surface area contributed by atoms with E-state index in [2.05, 4.69) is 10.3 Å². The van der Waals surface area contributed by atoms with E-state index in [1.54, 1.807) is 19.1 Å². The zero-order chi connectivity index (χ0) is 24.2. The number of carbonyl (C=O) groups is 2. The van der Waals surface area contributed by atoms with E-state index in [9.17, 15) is 22.8 Å². The van der Waals surface area contributed by atoms with E-state index in [0.717, 1.165) is 23.7 Å². The first-order chi connectivity index (χ1) is 15.5. The van der Waals surface area contributed by atoms with Crippen molar-refractivity contribution in [2.24, 2.45) is 11.8 Å². The Morgan fingerprint density at radius 1 is 1.21 bits per heavy atom. The Morgan fingerprint density at radius 3 is 2.67 bits per heavy atom. The molecule has 0 radical (unpaired) electrons. The number of carbonyl (C=O) groups excluding carboxylic acids is 2. The van der Waals surface area contributed by atoms with Gasteiger partial charge >= 0.3 is 6.18 Å². The summed E-state index contributed by atoms with van der Waals surface area (Å²) in [6, 6.07) is 8.34. The van der Waals surface area contributed by atoms with Crippen molar-refractivity contribution in [3.8, 4) is 0 Å². The number of benzene rings is 1. The van der Waals surface area contributed by atoms with E-state index in [0.29, 0.717) is 37.1 Å². The number of hydrogen-bond donors (Lipinski definition) is 2. The van der Waals surface area contributed by atoms with Crippen LogP contribution in [0.25, 0.3) is 0 Å². The van der Waals surface area contributed by atoms with E-state index in [4.69, 9.17) is 5.73 Å². The largest absolute Gasteiger partial charge is 0.416 e. The summed E-state index contributed by atoms with van der Waals surface area (Å²) in [5.74, 6) is 0.146. The number of Topliss-reactive ketones (excluding diaryl/α,β-unsaturated/α-hetero) is 1. The second kappa shape index (κ2) is 10.4. The molecule has 3 atom stereocenters. The average molecular weight is 462 g/mol. The minimum atomic E-state index is -4.36. The average Bonchev–Trinajstić information content (AvgIpc) is 3.21. The molecular formula is C25H30F3N3O2. The molecule has 0 saturated heterocycles. The highest BCUT2D eigenvalue weighted by molar-refractivity contribution is 5.89. The predicted molar refractivity (Wildman–Crippen MR) is 120 cm³/mol. The smallest absolute Gasteiger partial charge is 0.384 e. The van der Waals surface area contributed by atoms with Gasteiger partial charge in [-0.05, 0) is 75.1 Å². The third-order valence-electron chi connectivity index (χ3n) is 6.39. The zero-order valence-electron chi connectivity index (χ0n) is 18.9. The number of aryl methyl sites for hydroxylation is 2. The number of aromatic nitrogens is 1. The molecule has 0 spiro atoms. The molecule has 1 aliphatic carbocycles. The van der Waals surface area contributed by atoms with Crippen LogP contribution in [-0.2, 0) is 28.6 Å². The predicted octanol–water partition coefficient (Wildman–Crippen LogP) is 4.66. The third-order valence-corrected chi connectivity index (χ3v) is 6.39. The molecule has 178 valence electrons. The van der Waals surface area contributed by atoms with Gasteiger partial charge in [0.1, 0.15) is 5.82 Å². The summed E-state index contributed by atoms with van der Waals surface area (Å²) in [6.45, 7) is 3.53. The van der Waals surface area contributed by atoms with Crippen LogP contribution in [-0.4, -0.2) is 22.7 Å². The number of halogens is 3. The summed E-state index contributed by atoms with van der Waals surface area (Å²) in [7, 11) is 0. The molecule has 0 unspecified atom stereocenters. The van der Waals surface area contributed by atoms with Crippen LogP contribution in [0.2, 0.25) is 0 Å². The summed E-state index contributed by atoms with van der Waals surface area (Å²) < 4.78 is 38.8. The van der Waals surface area contributed by atoms with Gasteiger partial charge in [0.15, 0.2) is 5.78 Å². The van der Waals surface area contributed by atoms with Gasteiger partial charge in [-0.3, -0.25) is 9.59 Å². The zero-order valence-corrected chi connectivity index (χ0v) is 18.9. The molecular weight excluding hydrogens is 431 g/mol. The Morgan fingerprint density at radius 2 is 1.97 bits per heavy atom. The van der Waals surface area contributed by atoms with Crippen LogP contribution >= 0.6 is 0 Å². The highest BCUT2D eigenvalue weighted by Crippen LogP contribution is 2.35. The molecule has 1 saturated carbocycles. The summed E-state index contributed by atoms with van der Waals surface area (Å²) in [6.07, 6.45) is -0.972. The van der Waals surface area contributed by atoms with Gasteiger partial charge in [0.2, 0.25) is 5.91 Å². The number of nitrogens with one attached hydrogen (secondary N) is 1. The van der Waals surface area contributed by atoms with Gasteiger partial charge in [-0.1, -0.05) is 24.3 Å². The van der Waals surface area contributed by atoms with Crippen LogP contribution < -0.4 is 11.1 Å². The number of ketones is 1. The Hall–Kier alpha value is -2.90. The summed E-state index contributed by atoms with van der Waals surface area (Å²) >= 11 is 0. The summed E-state index contributed by atoms with van der Waals surface area (Å²) in [5, 5.41) is 2.82. The Balaban J connectivity index is 1.47. The fraction of sp³-hybridized carbons (Fsp3) is 0.480. The number of anilines is 1. The van der Waals surface area contributed by atoms with Crippen LogP contribution in [0.1, 0.15) is 55.0 Å². The number of amides is 1. The minimum Gasteiger partial charge on any atom is -0.384 e. The van der Waals surface area contributed by atoms with Gasteiger partial charge in [-0.2, -0.15) is 13.2 Å². The molecule has 0 bridgehead atoms. The van der Waals surface area contributed by atoms with E-state index in [-0.39, 0.29) is 29.9 Å². The minimum absolute atomic E-state index is 0.0573. The molecule has 8 heteroatoms. The lowest BCUT2D eigenvalue weighted by molar-refractivity contribution is -0.137. The lowest BCUT2D eigenvalue weighted by Crippen LogP contribution is -2.41. The maximum atomic E-state index is 12.9. The van der Waals surface area contributed by atoms with Crippen LogP contribution in [0, 0.1) is 18.8 Å². The van der Waals surface area contributed by atoms with Gasteiger partial charge in [-0.25, -0.2) is 4.98 Å². The lowest BCUT2D eigenvalue weighted by Gasteiger charge is -2.17. The number of pyridine rings is 1. The van der Waals surface area contributed by atoms with Crippen LogP contribution in [0.5, 0.6) is 0 Å². The topological polar surface area (TPSA) is 85.1 Å². The van der Waals surface area contributed by atoms with Gasteiger partial charge in [0, 0.05) is 18.0 Å². The molecule has 5 nitrogen and oxygen atoms in total. The molecule has 1 heterocycles. The Bertz CT molecular complexity index is 1010. The van der Waals surface area contributed by atoms with Crippen molar-refractivity contribution in [3.63, 3.8) is 0 Å². The Labute approximate surface area is 192 Å². The maximum absolute atomic E-state index is 12.9. The first-order valence-corrected chi connectivity index (χ1v) is 11.2. The highest BCUT2D eigenvalue weighted by Gasteiger charge is 2.33. The molecule has 1 fully saturated rings. The SMILES string of the molecule is Cc1nc(N)ccc1CCC(=O)[C@H](C)NC(=O)[C@@H]1CC[C@@H](Cc2cccc(C(F)(F)F)c2)C1. The van der Waals surface area contributed by atoms with Gasteiger partial charge in [0.25, 0.3) is 0 Å². The first kappa shape index (κ1) is 24.7. The van der Waals surface area contributed by atoms with E-state index in [1.165, 1.54) is 12.1 Å². The third kappa shape index (κ3) is 6.79. The molecule has 1 aromatic carbocycles. The van der Waals surface area contributed by atoms with Gasteiger partial charge in [0.05, 0.1) is 11.6 Å². The molecule has 1 amide bonds. The van der Waals surface area contributed by atoms with Crippen molar-refractivity contribution < 1.29 is 22.8 Å². The van der Waals surface area contributed by atoms with Crippen molar-refractivity contribution in [1.82, 2.24) is 10.3 Å². The number of rotatable bonds is 8. The Kier molecular flexibility index (Phi) is 7.76. The van der Waals surface area contributed by atoms with Crippen molar-refractivity contribution >= 4 is 17.5 Å². The second-order valence-corrected chi connectivity index (χ2v) is 8.96. The molecule has 33 heavy (non-hydrogen) atoms.